The van der Waals surface area contributed by atoms with Gasteiger partial charge in [-0.05, 0) is 55.3 Å². The lowest BCUT2D eigenvalue weighted by Crippen LogP contribution is -2.49. The van der Waals surface area contributed by atoms with E-state index in [4.69, 9.17) is 11.6 Å². The maximum Gasteiger partial charge on any atom is 0.416 e. The largest absolute Gasteiger partial charge is 0.416 e. The molecule has 5 rings (SSSR count). The molecule has 1 amide bonds. The van der Waals surface area contributed by atoms with Crippen LogP contribution in [0.15, 0.2) is 71.8 Å². The molecule has 2 aromatic carbocycles. The van der Waals surface area contributed by atoms with Crippen molar-refractivity contribution in [3.8, 4) is 5.69 Å². The summed E-state index contributed by atoms with van der Waals surface area (Å²) in [7, 11) is 0. The van der Waals surface area contributed by atoms with E-state index in [1.165, 1.54) is 15.8 Å². The van der Waals surface area contributed by atoms with Crippen molar-refractivity contribution >= 4 is 28.5 Å². The van der Waals surface area contributed by atoms with Gasteiger partial charge >= 0.3 is 6.18 Å². The lowest BCUT2D eigenvalue weighted by molar-refractivity contribution is -0.137. The molecule has 192 valence electrons. The molecule has 1 saturated heterocycles. The minimum atomic E-state index is -4.48. The molecular formula is C26H22ClF3N4O3. The van der Waals surface area contributed by atoms with Crippen molar-refractivity contribution in [1.82, 2.24) is 19.0 Å². The number of rotatable bonds is 4. The molecule has 0 unspecified atom stereocenters. The molecule has 7 nitrogen and oxygen atoms in total. The predicted octanol–water partition coefficient (Wildman–Crippen LogP) is 4.53. The Kier molecular flexibility index (Phi) is 6.33. The van der Waals surface area contributed by atoms with Gasteiger partial charge in [-0.25, -0.2) is 4.98 Å². The van der Waals surface area contributed by atoms with Gasteiger partial charge in [-0.15, -0.1) is 0 Å². The third kappa shape index (κ3) is 4.86. The number of halogens is 4. The molecule has 1 N–H and O–H groups in total. The van der Waals surface area contributed by atoms with E-state index >= 15 is 0 Å². The molecule has 2 aromatic heterocycles. The summed E-state index contributed by atoms with van der Waals surface area (Å²) in [4.78, 5) is 31.9. The van der Waals surface area contributed by atoms with Crippen LogP contribution in [0.2, 0.25) is 5.15 Å². The minimum absolute atomic E-state index is 0.0226. The third-order valence-electron chi connectivity index (χ3n) is 6.66. The highest BCUT2D eigenvalue weighted by molar-refractivity contribution is 6.31. The maximum absolute atomic E-state index is 13.2. The van der Waals surface area contributed by atoms with Crippen LogP contribution in [-0.2, 0) is 12.7 Å². The fourth-order valence-corrected chi connectivity index (χ4v) is 4.89. The molecule has 37 heavy (non-hydrogen) atoms. The van der Waals surface area contributed by atoms with E-state index in [1.807, 2.05) is 30.3 Å². The first kappa shape index (κ1) is 25.0. The van der Waals surface area contributed by atoms with Gasteiger partial charge in [0.15, 0.2) is 5.65 Å². The Balaban J connectivity index is 1.30. The first-order valence-electron chi connectivity index (χ1n) is 11.6. The highest BCUT2D eigenvalue weighted by Gasteiger charge is 2.36. The standard InChI is InChI=1S/C26H22ClF3N4O3/c27-21-14-20-22(34(21)19-4-2-1-3-5-19)31-16-33(24(20)36)15-25(37)10-12-32(13-11-25)23(35)17-6-8-18(9-7-17)26(28,29)30/h1-9,14,16,37H,10-13,15H2. The van der Waals surface area contributed by atoms with Crippen LogP contribution in [0.1, 0.15) is 28.8 Å². The zero-order valence-corrected chi connectivity index (χ0v) is 20.2. The third-order valence-corrected chi connectivity index (χ3v) is 6.94. The van der Waals surface area contributed by atoms with E-state index in [0.29, 0.717) is 16.2 Å². The summed E-state index contributed by atoms with van der Waals surface area (Å²) in [6.07, 6.45) is -2.72. The van der Waals surface area contributed by atoms with E-state index in [1.54, 1.807) is 10.6 Å². The molecule has 0 radical (unpaired) electrons. The number of benzene rings is 2. The van der Waals surface area contributed by atoms with Crippen molar-refractivity contribution in [2.24, 2.45) is 0 Å². The Bertz CT molecular complexity index is 1510. The van der Waals surface area contributed by atoms with Gasteiger partial charge in [-0.1, -0.05) is 29.8 Å². The number of carbonyl (C=O) groups is 1. The Hall–Kier alpha value is -3.63. The van der Waals surface area contributed by atoms with Crippen molar-refractivity contribution in [2.45, 2.75) is 31.2 Å². The number of aromatic nitrogens is 3. The number of fused-ring (bicyclic) bond motifs is 1. The molecule has 1 aliphatic heterocycles. The second-order valence-corrected chi connectivity index (χ2v) is 9.53. The highest BCUT2D eigenvalue weighted by Crippen LogP contribution is 2.30. The van der Waals surface area contributed by atoms with Gasteiger partial charge in [0.05, 0.1) is 23.1 Å². The number of piperidine rings is 1. The average molecular weight is 531 g/mol. The van der Waals surface area contributed by atoms with Gasteiger partial charge < -0.3 is 10.0 Å². The summed E-state index contributed by atoms with van der Waals surface area (Å²) in [6.45, 7) is 0.360. The Morgan fingerprint density at radius 3 is 2.32 bits per heavy atom. The fraction of sp³-hybridized carbons (Fsp3) is 0.269. The van der Waals surface area contributed by atoms with Gasteiger partial charge in [0, 0.05) is 24.3 Å². The number of carbonyl (C=O) groups excluding carboxylic acids is 1. The topological polar surface area (TPSA) is 80.4 Å². The van der Waals surface area contributed by atoms with Crippen molar-refractivity contribution in [2.75, 3.05) is 13.1 Å². The van der Waals surface area contributed by atoms with Crippen LogP contribution in [0.5, 0.6) is 0 Å². The molecule has 3 heterocycles. The first-order valence-corrected chi connectivity index (χ1v) is 11.9. The van der Waals surface area contributed by atoms with Crippen molar-refractivity contribution in [3.05, 3.63) is 93.6 Å². The number of para-hydroxylation sites is 1. The number of aliphatic hydroxyl groups is 1. The Labute approximate surface area is 214 Å². The highest BCUT2D eigenvalue weighted by atomic mass is 35.5. The number of amides is 1. The molecule has 1 fully saturated rings. The van der Waals surface area contributed by atoms with Gasteiger partial charge in [-0.2, -0.15) is 13.2 Å². The number of hydrogen-bond donors (Lipinski definition) is 1. The van der Waals surface area contributed by atoms with Crippen LogP contribution in [0.3, 0.4) is 0 Å². The van der Waals surface area contributed by atoms with Gasteiger partial charge in [0.2, 0.25) is 0 Å². The summed E-state index contributed by atoms with van der Waals surface area (Å²) < 4.78 is 41.4. The van der Waals surface area contributed by atoms with Crippen LogP contribution in [0.25, 0.3) is 16.7 Å². The molecule has 4 aromatic rings. The zero-order chi connectivity index (χ0) is 26.4. The predicted molar refractivity (Wildman–Crippen MR) is 132 cm³/mol. The van der Waals surface area contributed by atoms with Crippen molar-refractivity contribution < 1.29 is 23.1 Å². The minimum Gasteiger partial charge on any atom is -0.388 e. The average Bonchev–Trinajstić information content (AvgIpc) is 3.22. The SMILES string of the molecule is O=C(c1ccc(C(F)(F)F)cc1)N1CCC(O)(Cn2cnc3c(cc(Cl)n3-c3ccccc3)c2=O)CC1. The van der Waals surface area contributed by atoms with E-state index in [9.17, 15) is 27.9 Å². The molecule has 0 atom stereocenters. The molecule has 0 saturated carbocycles. The molecular weight excluding hydrogens is 509 g/mol. The number of alkyl halides is 3. The van der Waals surface area contributed by atoms with Gasteiger partial charge in [0.25, 0.3) is 11.5 Å². The van der Waals surface area contributed by atoms with E-state index in [0.717, 1.165) is 30.0 Å². The van der Waals surface area contributed by atoms with Crippen LogP contribution in [0, 0.1) is 0 Å². The monoisotopic (exact) mass is 530 g/mol. The second-order valence-electron chi connectivity index (χ2n) is 9.14. The van der Waals surface area contributed by atoms with E-state index in [-0.39, 0.29) is 43.6 Å². The summed E-state index contributed by atoms with van der Waals surface area (Å²) in [5.41, 5.74) is -1.13. The van der Waals surface area contributed by atoms with Crippen molar-refractivity contribution in [3.63, 3.8) is 0 Å². The summed E-state index contributed by atoms with van der Waals surface area (Å²) in [6, 6.07) is 14.9. The lowest BCUT2D eigenvalue weighted by Gasteiger charge is -2.38. The molecule has 1 aliphatic rings. The normalized spacial score (nSPS) is 15.8. The van der Waals surface area contributed by atoms with Crippen LogP contribution < -0.4 is 5.56 Å². The van der Waals surface area contributed by atoms with Crippen LogP contribution in [-0.4, -0.2) is 48.7 Å². The zero-order valence-electron chi connectivity index (χ0n) is 19.5. The Morgan fingerprint density at radius 2 is 1.70 bits per heavy atom. The molecule has 0 bridgehead atoms. The van der Waals surface area contributed by atoms with E-state index < -0.39 is 23.2 Å². The summed E-state index contributed by atoms with van der Waals surface area (Å²) in [5, 5.41) is 11.8. The molecule has 0 aliphatic carbocycles. The fourth-order valence-electron chi connectivity index (χ4n) is 4.61. The molecule has 11 heteroatoms. The lowest BCUT2D eigenvalue weighted by atomic mass is 9.91. The van der Waals surface area contributed by atoms with Gasteiger partial charge in [0.1, 0.15) is 11.5 Å². The quantitative estimate of drug-likeness (QED) is 0.420. The first-order chi connectivity index (χ1) is 17.6. The number of nitrogens with zero attached hydrogens (tertiary/aromatic N) is 4. The summed E-state index contributed by atoms with van der Waals surface area (Å²) >= 11 is 6.41. The van der Waals surface area contributed by atoms with Gasteiger partial charge in [-0.3, -0.25) is 18.7 Å². The van der Waals surface area contributed by atoms with Crippen LogP contribution in [0.4, 0.5) is 13.2 Å². The maximum atomic E-state index is 13.2. The van der Waals surface area contributed by atoms with E-state index in [2.05, 4.69) is 4.98 Å². The Morgan fingerprint density at radius 1 is 1.05 bits per heavy atom. The van der Waals surface area contributed by atoms with Crippen molar-refractivity contribution in [1.29, 1.82) is 0 Å². The second kappa shape index (κ2) is 9.35. The molecule has 0 spiro atoms. The number of hydrogen-bond acceptors (Lipinski definition) is 4. The summed E-state index contributed by atoms with van der Waals surface area (Å²) in [5.74, 6) is -0.409. The number of likely N-dealkylation sites (tertiary alicyclic amines) is 1. The van der Waals surface area contributed by atoms with Crippen LogP contribution >= 0.6 is 11.6 Å². The smallest absolute Gasteiger partial charge is 0.388 e.